The van der Waals surface area contributed by atoms with E-state index in [-0.39, 0.29) is 6.54 Å². The second-order valence-electron chi connectivity index (χ2n) is 4.71. The molecule has 0 amide bonds. The van der Waals surface area contributed by atoms with Crippen LogP contribution in [0.15, 0.2) is 30.3 Å². The van der Waals surface area contributed by atoms with Crippen LogP contribution in [0.2, 0.25) is 0 Å². The molecule has 0 saturated carbocycles. The van der Waals surface area contributed by atoms with Crippen molar-refractivity contribution in [1.29, 1.82) is 0 Å². The Labute approximate surface area is 118 Å². The van der Waals surface area contributed by atoms with E-state index in [1.54, 1.807) is 24.3 Å². The average Bonchev–Trinajstić information content (AvgIpc) is 2.48. The summed E-state index contributed by atoms with van der Waals surface area (Å²) in [6.45, 7) is -0.0684. The van der Waals surface area contributed by atoms with Crippen LogP contribution in [0.4, 0.5) is 22.0 Å². The number of halogens is 5. The van der Waals surface area contributed by atoms with Crippen LogP contribution in [-0.4, -0.2) is 11.9 Å². The monoisotopic (exact) mass is 301 g/mol. The number of benzene rings is 2. The van der Waals surface area contributed by atoms with E-state index in [9.17, 15) is 22.0 Å². The van der Waals surface area contributed by atoms with Crippen molar-refractivity contribution in [2.24, 2.45) is 0 Å². The third-order valence-electron chi connectivity index (χ3n) is 3.02. The zero-order chi connectivity index (χ0) is 15.6. The zero-order valence-electron chi connectivity index (χ0n) is 11.1. The van der Waals surface area contributed by atoms with Crippen LogP contribution in [0.5, 0.6) is 0 Å². The normalized spacial score (nSPS) is 11.2. The molecule has 2 aromatic carbocycles. The summed E-state index contributed by atoms with van der Waals surface area (Å²) >= 11 is 0. The first-order valence-corrected chi connectivity index (χ1v) is 6.14. The largest absolute Gasteiger partial charge is 0.298 e. The highest BCUT2D eigenvalue weighted by Crippen LogP contribution is 2.24. The van der Waals surface area contributed by atoms with Gasteiger partial charge in [-0.2, -0.15) is 0 Å². The molecule has 2 rings (SSSR count). The summed E-state index contributed by atoms with van der Waals surface area (Å²) in [5.41, 5.74) is 0.0358. The van der Waals surface area contributed by atoms with E-state index in [2.05, 4.69) is 0 Å². The maximum atomic E-state index is 13.6. The smallest absolute Gasteiger partial charge is 0.200 e. The summed E-state index contributed by atoms with van der Waals surface area (Å²) in [5, 5.41) is 0. The lowest BCUT2D eigenvalue weighted by atomic mass is 10.1. The Morgan fingerprint density at radius 3 is 1.71 bits per heavy atom. The lowest BCUT2D eigenvalue weighted by Gasteiger charge is -2.18. The number of nitrogens with zero attached hydrogens (tertiary/aromatic N) is 1. The fraction of sp³-hybridized carbons (Fsp3) is 0.200. The van der Waals surface area contributed by atoms with Crippen LogP contribution < -0.4 is 0 Å². The van der Waals surface area contributed by atoms with Gasteiger partial charge in [0, 0.05) is 18.7 Å². The quantitative estimate of drug-likeness (QED) is 0.468. The number of rotatable bonds is 4. The molecule has 0 unspecified atom stereocenters. The molecule has 0 N–H and O–H groups in total. The molecule has 0 atom stereocenters. The topological polar surface area (TPSA) is 3.24 Å². The maximum Gasteiger partial charge on any atom is 0.200 e. The minimum atomic E-state index is -2.14. The van der Waals surface area contributed by atoms with Gasteiger partial charge in [-0.1, -0.05) is 30.3 Å². The molecule has 0 saturated heterocycles. The van der Waals surface area contributed by atoms with Crippen molar-refractivity contribution in [1.82, 2.24) is 4.90 Å². The summed E-state index contributed by atoms with van der Waals surface area (Å²) in [7, 11) is 1.53. The van der Waals surface area contributed by atoms with Crippen LogP contribution in [-0.2, 0) is 13.1 Å². The van der Waals surface area contributed by atoms with Crippen molar-refractivity contribution in [2.75, 3.05) is 7.05 Å². The zero-order valence-corrected chi connectivity index (χ0v) is 11.1. The molecular weight excluding hydrogens is 289 g/mol. The molecule has 0 fully saturated rings. The molecule has 0 aliphatic rings. The van der Waals surface area contributed by atoms with E-state index in [4.69, 9.17) is 0 Å². The van der Waals surface area contributed by atoms with E-state index in [1.165, 1.54) is 11.9 Å². The van der Waals surface area contributed by atoms with Crippen molar-refractivity contribution in [2.45, 2.75) is 13.1 Å². The third-order valence-corrected chi connectivity index (χ3v) is 3.02. The molecular formula is C15H12F5N. The van der Waals surface area contributed by atoms with Gasteiger partial charge in [0.15, 0.2) is 23.3 Å². The van der Waals surface area contributed by atoms with Crippen molar-refractivity contribution >= 4 is 0 Å². The SMILES string of the molecule is CN(Cc1ccccc1)Cc1c(F)c(F)c(F)c(F)c1F. The molecule has 0 radical (unpaired) electrons. The van der Waals surface area contributed by atoms with E-state index in [0.29, 0.717) is 6.54 Å². The average molecular weight is 301 g/mol. The summed E-state index contributed by atoms with van der Waals surface area (Å²) in [6, 6.07) is 9.00. The Morgan fingerprint density at radius 1 is 0.714 bits per heavy atom. The molecule has 0 aliphatic carbocycles. The molecule has 2 aromatic rings. The third kappa shape index (κ3) is 3.21. The summed E-state index contributed by atoms with van der Waals surface area (Å²) in [4.78, 5) is 1.47. The van der Waals surface area contributed by atoms with Crippen molar-refractivity contribution < 1.29 is 22.0 Å². The predicted octanol–water partition coefficient (Wildman–Crippen LogP) is 4.01. The van der Waals surface area contributed by atoms with Gasteiger partial charge in [0.1, 0.15) is 0 Å². The Hall–Kier alpha value is -1.95. The van der Waals surface area contributed by atoms with Gasteiger partial charge in [-0.05, 0) is 12.6 Å². The van der Waals surface area contributed by atoms with Gasteiger partial charge in [-0.3, -0.25) is 4.90 Å². The number of hydrogen-bond donors (Lipinski definition) is 0. The van der Waals surface area contributed by atoms with Crippen LogP contribution in [0.25, 0.3) is 0 Å². The minimum absolute atomic E-state index is 0.320. The molecule has 6 heteroatoms. The lowest BCUT2D eigenvalue weighted by Crippen LogP contribution is -2.20. The first-order chi connectivity index (χ1) is 9.91. The van der Waals surface area contributed by atoms with Crippen LogP contribution in [0, 0.1) is 29.1 Å². The van der Waals surface area contributed by atoms with Crippen molar-refractivity contribution in [3.8, 4) is 0 Å². The highest BCUT2D eigenvalue weighted by atomic mass is 19.2. The molecule has 0 aromatic heterocycles. The standard InChI is InChI=1S/C15H12F5N/c1-21(7-9-5-3-2-4-6-9)8-10-11(16)13(18)15(20)14(19)12(10)17/h2-6H,7-8H2,1H3. The first-order valence-electron chi connectivity index (χ1n) is 6.14. The second-order valence-corrected chi connectivity index (χ2v) is 4.71. The van der Waals surface area contributed by atoms with Gasteiger partial charge in [-0.15, -0.1) is 0 Å². The maximum absolute atomic E-state index is 13.6. The summed E-state index contributed by atoms with van der Waals surface area (Å²) in [5.74, 6) is -9.55. The van der Waals surface area contributed by atoms with E-state index < -0.39 is 34.6 Å². The van der Waals surface area contributed by atoms with E-state index >= 15 is 0 Å². The summed E-state index contributed by atoms with van der Waals surface area (Å²) < 4.78 is 66.2. The molecule has 0 heterocycles. The Balaban J connectivity index is 2.24. The molecule has 0 bridgehead atoms. The van der Waals surface area contributed by atoms with Crippen molar-refractivity contribution in [3.63, 3.8) is 0 Å². The van der Waals surface area contributed by atoms with Gasteiger partial charge in [0.05, 0.1) is 0 Å². The summed E-state index contributed by atoms with van der Waals surface area (Å²) in [6.07, 6.45) is 0. The highest BCUT2D eigenvalue weighted by Gasteiger charge is 2.26. The predicted molar refractivity (Wildman–Crippen MR) is 67.8 cm³/mol. The second kappa shape index (κ2) is 6.22. The van der Waals surface area contributed by atoms with Crippen LogP contribution in [0.1, 0.15) is 11.1 Å². The first kappa shape index (κ1) is 15.4. The molecule has 112 valence electrons. The van der Waals surface area contributed by atoms with Gasteiger partial charge in [-0.25, -0.2) is 22.0 Å². The molecule has 21 heavy (non-hydrogen) atoms. The Morgan fingerprint density at radius 2 is 1.19 bits per heavy atom. The van der Waals surface area contributed by atoms with Gasteiger partial charge in [0.2, 0.25) is 5.82 Å². The fourth-order valence-electron chi connectivity index (χ4n) is 2.01. The van der Waals surface area contributed by atoms with Gasteiger partial charge < -0.3 is 0 Å². The fourth-order valence-corrected chi connectivity index (χ4v) is 2.01. The van der Waals surface area contributed by atoms with Crippen LogP contribution in [0.3, 0.4) is 0 Å². The minimum Gasteiger partial charge on any atom is -0.298 e. The number of hydrogen-bond acceptors (Lipinski definition) is 1. The molecule has 1 nitrogen and oxygen atoms in total. The van der Waals surface area contributed by atoms with Gasteiger partial charge in [0.25, 0.3) is 0 Å². The lowest BCUT2D eigenvalue weighted by molar-refractivity contribution is 0.293. The van der Waals surface area contributed by atoms with Crippen LogP contribution >= 0.6 is 0 Å². The van der Waals surface area contributed by atoms with E-state index in [0.717, 1.165) is 5.56 Å². The van der Waals surface area contributed by atoms with E-state index in [1.807, 2.05) is 6.07 Å². The Kier molecular flexibility index (Phi) is 4.57. The molecule has 0 aliphatic heterocycles. The van der Waals surface area contributed by atoms with Gasteiger partial charge >= 0.3 is 0 Å². The Bertz CT molecular complexity index is 613. The van der Waals surface area contributed by atoms with Crippen molar-refractivity contribution in [3.05, 3.63) is 70.5 Å². The molecule has 0 spiro atoms. The highest BCUT2D eigenvalue weighted by molar-refractivity contribution is 5.24.